The zero-order valence-electron chi connectivity index (χ0n) is 12.9. The van der Waals surface area contributed by atoms with Crippen LogP contribution in [0.3, 0.4) is 0 Å². The first kappa shape index (κ1) is 14.8. The van der Waals surface area contributed by atoms with Crippen molar-refractivity contribution in [2.45, 2.75) is 0 Å². The molecule has 0 radical (unpaired) electrons. The summed E-state index contributed by atoms with van der Waals surface area (Å²) in [5, 5.41) is 4.22. The Morgan fingerprint density at radius 2 is 1.74 bits per heavy atom. The van der Waals surface area contributed by atoms with Gasteiger partial charge >= 0.3 is 5.97 Å². The predicted molar refractivity (Wildman–Crippen MR) is 89.4 cm³/mol. The first-order valence-corrected chi connectivity index (χ1v) is 7.11. The number of para-hydroxylation sites is 3. The van der Waals surface area contributed by atoms with Gasteiger partial charge in [0.15, 0.2) is 5.69 Å². The second kappa shape index (κ2) is 6.36. The van der Waals surface area contributed by atoms with Crippen LogP contribution in [0.15, 0.2) is 54.6 Å². The van der Waals surface area contributed by atoms with Crippen molar-refractivity contribution in [3.63, 3.8) is 0 Å². The van der Waals surface area contributed by atoms with Gasteiger partial charge in [0, 0.05) is 5.39 Å². The number of benzene rings is 2. The fourth-order valence-corrected chi connectivity index (χ4v) is 2.38. The number of hydrogen-bond donors (Lipinski definition) is 1. The molecule has 1 heterocycles. The number of methoxy groups -OCH3 is 2. The standard InChI is InChI=1S/C18H16N2O3/c1-22-17-10-6-5-9-14(17)20-15-11-16(18(21)23-2)19-13-8-4-3-7-12(13)15/h3-11H,1-2H3,(H,19,20). The first-order chi connectivity index (χ1) is 11.2. The van der Waals surface area contributed by atoms with Crippen molar-refractivity contribution in [2.24, 2.45) is 0 Å². The zero-order chi connectivity index (χ0) is 16.2. The smallest absolute Gasteiger partial charge is 0.356 e. The van der Waals surface area contributed by atoms with Crippen LogP contribution in [0.2, 0.25) is 0 Å². The molecule has 1 N–H and O–H groups in total. The van der Waals surface area contributed by atoms with E-state index in [0.29, 0.717) is 11.3 Å². The average Bonchev–Trinajstić information content (AvgIpc) is 2.61. The minimum atomic E-state index is -0.473. The summed E-state index contributed by atoms with van der Waals surface area (Å²) in [7, 11) is 2.96. The highest BCUT2D eigenvalue weighted by atomic mass is 16.5. The lowest BCUT2D eigenvalue weighted by Crippen LogP contribution is -2.06. The zero-order valence-corrected chi connectivity index (χ0v) is 12.9. The van der Waals surface area contributed by atoms with Gasteiger partial charge in [0.25, 0.3) is 0 Å². The molecule has 0 aliphatic carbocycles. The Kier molecular flexibility index (Phi) is 4.10. The van der Waals surface area contributed by atoms with E-state index in [9.17, 15) is 4.79 Å². The molecule has 0 bridgehead atoms. The molecule has 2 aromatic carbocycles. The van der Waals surface area contributed by atoms with E-state index in [1.165, 1.54) is 7.11 Å². The molecular formula is C18H16N2O3. The maximum Gasteiger partial charge on any atom is 0.356 e. The van der Waals surface area contributed by atoms with Crippen molar-refractivity contribution in [3.8, 4) is 5.75 Å². The van der Waals surface area contributed by atoms with Crippen LogP contribution >= 0.6 is 0 Å². The summed E-state index contributed by atoms with van der Waals surface area (Å²) in [5.41, 5.74) is 2.54. The molecule has 116 valence electrons. The van der Waals surface area contributed by atoms with Crippen LogP contribution in [0.1, 0.15) is 10.5 Å². The fourth-order valence-electron chi connectivity index (χ4n) is 2.38. The van der Waals surface area contributed by atoms with Gasteiger partial charge in [0.1, 0.15) is 5.75 Å². The molecule has 0 atom stereocenters. The summed E-state index contributed by atoms with van der Waals surface area (Å²) in [6.07, 6.45) is 0. The number of hydrogen-bond acceptors (Lipinski definition) is 5. The number of rotatable bonds is 4. The van der Waals surface area contributed by atoms with E-state index in [-0.39, 0.29) is 5.69 Å². The van der Waals surface area contributed by atoms with Crippen molar-refractivity contribution in [3.05, 3.63) is 60.3 Å². The molecule has 0 saturated heterocycles. The number of fused-ring (bicyclic) bond motifs is 1. The van der Waals surface area contributed by atoms with Crippen LogP contribution in [0.5, 0.6) is 5.75 Å². The lowest BCUT2D eigenvalue weighted by atomic mass is 10.1. The second-order valence-electron chi connectivity index (χ2n) is 4.89. The average molecular weight is 308 g/mol. The van der Waals surface area contributed by atoms with Gasteiger partial charge in [-0.15, -0.1) is 0 Å². The molecule has 3 rings (SSSR count). The molecule has 5 nitrogen and oxygen atoms in total. The third-order valence-electron chi connectivity index (χ3n) is 3.49. The maximum absolute atomic E-state index is 11.8. The van der Waals surface area contributed by atoms with E-state index in [0.717, 1.165) is 16.8 Å². The van der Waals surface area contributed by atoms with Crippen molar-refractivity contribution < 1.29 is 14.3 Å². The summed E-state index contributed by atoms with van der Waals surface area (Å²) in [5.74, 6) is 0.242. The minimum Gasteiger partial charge on any atom is -0.495 e. The van der Waals surface area contributed by atoms with Crippen LogP contribution in [0.4, 0.5) is 11.4 Å². The van der Waals surface area contributed by atoms with E-state index in [2.05, 4.69) is 10.3 Å². The van der Waals surface area contributed by atoms with Crippen LogP contribution < -0.4 is 10.1 Å². The molecule has 3 aromatic rings. The van der Waals surface area contributed by atoms with E-state index in [1.807, 2.05) is 48.5 Å². The molecule has 1 aromatic heterocycles. The summed E-state index contributed by atoms with van der Waals surface area (Å²) in [6, 6.07) is 16.9. The molecule has 0 spiro atoms. The Hall–Kier alpha value is -3.08. The number of nitrogens with zero attached hydrogens (tertiary/aromatic N) is 1. The number of anilines is 2. The van der Waals surface area contributed by atoms with Gasteiger partial charge in [-0.1, -0.05) is 30.3 Å². The molecule has 0 amide bonds. The lowest BCUT2D eigenvalue weighted by Gasteiger charge is -2.13. The van der Waals surface area contributed by atoms with Crippen LogP contribution in [-0.2, 0) is 4.74 Å². The fraction of sp³-hybridized carbons (Fsp3) is 0.111. The first-order valence-electron chi connectivity index (χ1n) is 7.11. The largest absolute Gasteiger partial charge is 0.495 e. The van der Waals surface area contributed by atoms with Gasteiger partial charge in [-0.3, -0.25) is 0 Å². The Bertz CT molecular complexity index is 862. The van der Waals surface area contributed by atoms with E-state index < -0.39 is 5.97 Å². The highest BCUT2D eigenvalue weighted by Gasteiger charge is 2.13. The molecule has 0 aliphatic rings. The Morgan fingerprint density at radius 1 is 1.00 bits per heavy atom. The third-order valence-corrected chi connectivity index (χ3v) is 3.49. The minimum absolute atomic E-state index is 0.253. The van der Waals surface area contributed by atoms with E-state index in [4.69, 9.17) is 9.47 Å². The summed E-state index contributed by atoms with van der Waals surface area (Å²) in [4.78, 5) is 16.2. The normalized spacial score (nSPS) is 10.3. The predicted octanol–water partition coefficient (Wildman–Crippen LogP) is 3.77. The second-order valence-corrected chi connectivity index (χ2v) is 4.89. The number of carbonyl (C=O) groups is 1. The summed E-state index contributed by atoms with van der Waals surface area (Å²) < 4.78 is 10.1. The summed E-state index contributed by atoms with van der Waals surface area (Å²) in [6.45, 7) is 0. The molecular weight excluding hydrogens is 292 g/mol. The van der Waals surface area contributed by atoms with Crippen molar-refractivity contribution in [2.75, 3.05) is 19.5 Å². The van der Waals surface area contributed by atoms with Crippen molar-refractivity contribution >= 4 is 28.2 Å². The van der Waals surface area contributed by atoms with Gasteiger partial charge in [0.05, 0.1) is 31.1 Å². The monoisotopic (exact) mass is 308 g/mol. The Balaban J connectivity index is 2.13. The molecule has 0 unspecified atom stereocenters. The number of carbonyl (C=O) groups excluding carboxylic acids is 1. The van der Waals surface area contributed by atoms with Crippen LogP contribution in [-0.4, -0.2) is 25.2 Å². The van der Waals surface area contributed by atoms with Crippen molar-refractivity contribution in [1.29, 1.82) is 0 Å². The SMILES string of the molecule is COC(=O)c1cc(Nc2ccccc2OC)c2ccccc2n1. The number of esters is 1. The van der Waals surface area contributed by atoms with E-state index >= 15 is 0 Å². The number of ether oxygens (including phenoxy) is 2. The Labute approximate surface area is 133 Å². The van der Waals surface area contributed by atoms with E-state index in [1.54, 1.807) is 13.2 Å². The highest BCUT2D eigenvalue weighted by molar-refractivity contribution is 5.99. The van der Waals surface area contributed by atoms with Gasteiger partial charge in [-0.25, -0.2) is 9.78 Å². The third kappa shape index (κ3) is 2.94. The molecule has 23 heavy (non-hydrogen) atoms. The van der Waals surface area contributed by atoms with Crippen molar-refractivity contribution in [1.82, 2.24) is 4.98 Å². The van der Waals surface area contributed by atoms with Gasteiger partial charge in [0.2, 0.25) is 0 Å². The lowest BCUT2D eigenvalue weighted by molar-refractivity contribution is 0.0594. The molecule has 5 heteroatoms. The van der Waals surface area contributed by atoms with Crippen LogP contribution in [0.25, 0.3) is 10.9 Å². The number of pyridine rings is 1. The van der Waals surface area contributed by atoms with Gasteiger partial charge in [-0.05, 0) is 24.3 Å². The quantitative estimate of drug-likeness (QED) is 0.743. The molecule has 0 fully saturated rings. The number of aromatic nitrogens is 1. The Morgan fingerprint density at radius 3 is 2.52 bits per heavy atom. The number of nitrogens with one attached hydrogen (secondary N) is 1. The topological polar surface area (TPSA) is 60.5 Å². The van der Waals surface area contributed by atoms with Gasteiger partial charge < -0.3 is 14.8 Å². The molecule has 0 saturated carbocycles. The van der Waals surface area contributed by atoms with Gasteiger partial charge in [-0.2, -0.15) is 0 Å². The highest BCUT2D eigenvalue weighted by Crippen LogP contribution is 2.31. The summed E-state index contributed by atoms with van der Waals surface area (Å²) >= 11 is 0. The van der Waals surface area contributed by atoms with Crippen LogP contribution in [0, 0.1) is 0 Å². The maximum atomic E-state index is 11.8. The molecule has 0 aliphatic heterocycles.